The summed E-state index contributed by atoms with van der Waals surface area (Å²) in [5.41, 5.74) is 2.32. The molecule has 0 spiro atoms. The minimum absolute atomic E-state index is 0.0879. The number of nitrogens with zero attached hydrogens (tertiary/aromatic N) is 3. The normalized spacial score (nSPS) is 18.0. The average molecular weight is 427 g/mol. The van der Waals surface area contributed by atoms with Crippen LogP contribution >= 0.6 is 0 Å². The molecule has 1 aliphatic rings. The van der Waals surface area contributed by atoms with E-state index in [-0.39, 0.29) is 11.5 Å². The Hall–Kier alpha value is -2.55. The molecule has 3 aromatic rings. The van der Waals surface area contributed by atoms with Gasteiger partial charge in [0.25, 0.3) is 5.56 Å². The largest absolute Gasteiger partial charge is 0.297 e. The van der Waals surface area contributed by atoms with Crippen LogP contribution in [0.5, 0.6) is 0 Å². The van der Waals surface area contributed by atoms with Crippen molar-refractivity contribution in [1.29, 1.82) is 0 Å². The van der Waals surface area contributed by atoms with Crippen LogP contribution in [-0.2, 0) is 16.6 Å². The van der Waals surface area contributed by atoms with E-state index >= 15 is 0 Å². The van der Waals surface area contributed by atoms with Crippen LogP contribution < -0.4 is 10.3 Å². The Labute approximate surface area is 176 Å². The van der Waals surface area contributed by atoms with Gasteiger partial charge < -0.3 is 0 Å². The van der Waals surface area contributed by atoms with Gasteiger partial charge in [-0.3, -0.25) is 14.1 Å². The lowest BCUT2D eigenvalue weighted by atomic mass is 9.98. The van der Waals surface area contributed by atoms with E-state index in [4.69, 9.17) is 0 Å². The molecule has 0 amide bonds. The molecule has 158 valence electrons. The van der Waals surface area contributed by atoms with Gasteiger partial charge >= 0.3 is 0 Å². The molecule has 1 N–H and O–H groups in total. The zero-order valence-corrected chi connectivity index (χ0v) is 17.8. The van der Waals surface area contributed by atoms with E-state index in [1.54, 1.807) is 36.5 Å². The van der Waals surface area contributed by atoms with Crippen molar-refractivity contribution in [2.45, 2.75) is 31.2 Å². The lowest BCUT2D eigenvalue weighted by molar-refractivity contribution is 0.167. The molecule has 0 radical (unpaired) electrons. The molecule has 0 aliphatic carbocycles. The number of hydrogen-bond donors (Lipinski definition) is 1. The molecule has 3 heterocycles. The van der Waals surface area contributed by atoms with E-state index in [0.717, 1.165) is 37.2 Å². The molecule has 8 heteroatoms. The minimum atomic E-state index is -3.51. The van der Waals surface area contributed by atoms with E-state index < -0.39 is 10.0 Å². The van der Waals surface area contributed by atoms with E-state index in [0.29, 0.717) is 23.6 Å². The monoisotopic (exact) mass is 426 g/mol. The smallest absolute Gasteiger partial charge is 0.258 e. The van der Waals surface area contributed by atoms with Gasteiger partial charge in [-0.15, -0.1) is 0 Å². The second kappa shape index (κ2) is 8.67. The van der Waals surface area contributed by atoms with E-state index in [1.807, 2.05) is 25.1 Å². The van der Waals surface area contributed by atoms with Crippen molar-refractivity contribution in [2.75, 3.05) is 19.6 Å². The van der Waals surface area contributed by atoms with Gasteiger partial charge in [0, 0.05) is 31.9 Å². The molecule has 4 rings (SSSR count). The third-order valence-corrected chi connectivity index (χ3v) is 6.95. The van der Waals surface area contributed by atoms with Gasteiger partial charge in [0.2, 0.25) is 10.0 Å². The van der Waals surface area contributed by atoms with E-state index in [2.05, 4.69) is 14.6 Å². The molecule has 0 saturated carbocycles. The number of hydrogen-bond acceptors (Lipinski definition) is 5. The summed E-state index contributed by atoms with van der Waals surface area (Å²) in [5, 5.41) is 0. The number of benzene rings is 1. The minimum Gasteiger partial charge on any atom is -0.297 e. The Morgan fingerprint density at radius 2 is 1.97 bits per heavy atom. The second-order valence-corrected chi connectivity index (χ2v) is 9.69. The lowest BCUT2D eigenvalue weighted by Crippen LogP contribution is -2.40. The van der Waals surface area contributed by atoms with Gasteiger partial charge in [-0.2, -0.15) is 0 Å². The first-order valence-electron chi connectivity index (χ1n) is 10.2. The number of fused-ring (bicyclic) bond motifs is 1. The number of sulfonamides is 1. The van der Waals surface area contributed by atoms with Crippen LogP contribution in [0, 0.1) is 12.8 Å². The third kappa shape index (κ3) is 4.77. The van der Waals surface area contributed by atoms with Gasteiger partial charge in [-0.1, -0.05) is 23.8 Å². The highest BCUT2D eigenvalue weighted by Crippen LogP contribution is 2.19. The highest BCUT2D eigenvalue weighted by atomic mass is 32.2. The van der Waals surface area contributed by atoms with Gasteiger partial charge in [-0.05, 0) is 56.5 Å². The Bertz CT molecular complexity index is 1190. The van der Waals surface area contributed by atoms with Crippen LogP contribution in [0.4, 0.5) is 0 Å². The number of piperidine rings is 1. The molecule has 2 aromatic heterocycles. The fraction of sp³-hybridized carbons (Fsp3) is 0.364. The first-order chi connectivity index (χ1) is 14.4. The van der Waals surface area contributed by atoms with Gasteiger partial charge in [0.1, 0.15) is 5.65 Å². The molecular weight excluding hydrogens is 400 g/mol. The molecule has 30 heavy (non-hydrogen) atoms. The Morgan fingerprint density at radius 1 is 1.17 bits per heavy atom. The molecule has 1 atom stereocenters. The zero-order valence-electron chi connectivity index (χ0n) is 17.0. The number of nitrogens with one attached hydrogen (secondary N) is 1. The van der Waals surface area contributed by atoms with Crippen molar-refractivity contribution in [3.8, 4) is 0 Å². The third-order valence-electron chi connectivity index (χ3n) is 5.51. The predicted molar refractivity (Wildman–Crippen MR) is 116 cm³/mol. The maximum absolute atomic E-state index is 12.5. The van der Waals surface area contributed by atoms with Crippen LogP contribution in [0.15, 0.2) is 64.4 Å². The summed E-state index contributed by atoms with van der Waals surface area (Å²) in [5.74, 6) is 0.223. The van der Waals surface area contributed by atoms with E-state index in [9.17, 15) is 13.2 Å². The van der Waals surface area contributed by atoms with Gasteiger partial charge in [0.15, 0.2) is 0 Å². The molecule has 1 aliphatic heterocycles. The summed E-state index contributed by atoms with van der Waals surface area (Å²) in [6.07, 6.45) is 3.68. The summed E-state index contributed by atoms with van der Waals surface area (Å²) in [7, 11) is -3.51. The Morgan fingerprint density at radius 3 is 2.77 bits per heavy atom. The number of rotatable bonds is 6. The highest BCUT2D eigenvalue weighted by Gasteiger charge is 2.23. The van der Waals surface area contributed by atoms with Crippen LogP contribution in [0.1, 0.15) is 24.1 Å². The standard InChI is InChI=1S/C22H26N4O3S/c1-17-7-9-20(10-8-17)30(28,29)23-14-18-5-4-11-25(15-18)16-19-13-22(27)26-12-3-2-6-21(26)24-19/h2-3,6-10,12-13,18,23H,4-5,11,14-16H2,1H3. The van der Waals surface area contributed by atoms with Crippen LogP contribution in [0.3, 0.4) is 0 Å². The SMILES string of the molecule is Cc1ccc(S(=O)(=O)NCC2CCCN(Cc3cc(=O)n4ccccc4n3)C2)cc1. The lowest BCUT2D eigenvalue weighted by Gasteiger charge is -2.32. The van der Waals surface area contributed by atoms with Gasteiger partial charge in [0.05, 0.1) is 10.6 Å². The van der Waals surface area contributed by atoms with Crippen LogP contribution in [0.25, 0.3) is 5.65 Å². The van der Waals surface area contributed by atoms with Crippen LogP contribution in [-0.4, -0.2) is 42.3 Å². The number of aromatic nitrogens is 2. The summed E-state index contributed by atoms with van der Waals surface area (Å²) < 4.78 is 29.4. The second-order valence-electron chi connectivity index (χ2n) is 7.92. The quantitative estimate of drug-likeness (QED) is 0.653. The topological polar surface area (TPSA) is 83.8 Å². The maximum Gasteiger partial charge on any atom is 0.258 e. The van der Waals surface area contributed by atoms with Crippen molar-refractivity contribution in [3.05, 3.63) is 76.3 Å². The molecule has 1 unspecified atom stereocenters. The van der Waals surface area contributed by atoms with Crippen molar-refractivity contribution in [1.82, 2.24) is 19.0 Å². The first-order valence-corrected chi connectivity index (χ1v) is 11.6. The summed E-state index contributed by atoms with van der Waals surface area (Å²) in [4.78, 5) is 19.4. The van der Waals surface area contributed by atoms with Crippen LogP contribution in [0.2, 0.25) is 0 Å². The maximum atomic E-state index is 12.5. The molecule has 1 aromatic carbocycles. The summed E-state index contributed by atoms with van der Waals surface area (Å²) >= 11 is 0. The fourth-order valence-corrected chi connectivity index (χ4v) is 5.02. The van der Waals surface area contributed by atoms with Crippen molar-refractivity contribution in [3.63, 3.8) is 0 Å². The molecule has 1 fully saturated rings. The zero-order chi connectivity index (χ0) is 21.1. The molecule has 1 saturated heterocycles. The van der Waals surface area contributed by atoms with Crippen molar-refractivity contribution >= 4 is 15.7 Å². The molecule has 0 bridgehead atoms. The molecular formula is C22H26N4O3S. The summed E-state index contributed by atoms with van der Waals surface area (Å²) in [6, 6.07) is 13.9. The molecule has 7 nitrogen and oxygen atoms in total. The average Bonchev–Trinajstić information content (AvgIpc) is 2.73. The predicted octanol–water partition coefficient (Wildman–Crippen LogP) is 2.19. The number of pyridine rings is 1. The van der Waals surface area contributed by atoms with E-state index in [1.165, 1.54) is 4.40 Å². The van der Waals surface area contributed by atoms with Gasteiger partial charge in [-0.25, -0.2) is 18.1 Å². The Kier molecular flexibility index (Phi) is 5.99. The van der Waals surface area contributed by atoms with Crippen molar-refractivity contribution < 1.29 is 8.42 Å². The Balaban J connectivity index is 1.39. The first kappa shape index (κ1) is 20.7. The summed E-state index contributed by atoms with van der Waals surface area (Å²) in [6.45, 7) is 4.60. The highest BCUT2D eigenvalue weighted by molar-refractivity contribution is 7.89. The number of likely N-dealkylation sites (tertiary alicyclic amines) is 1. The number of aryl methyl sites for hydroxylation is 1. The fourth-order valence-electron chi connectivity index (χ4n) is 3.90. The van der Waals surface area contributed by atoms with Crippen molar-refractivity contribution in [2.24, 2.45) is 5.92 Å².